The summed E-state index contributed by atoms with van der Waals surface area (Å²) in [4.78, 5) is 30.4. The number of sulfonamides is 1. The molecule has 2 heterocycles. The van der Waals surface area contributed by atoms with Gasteiger partial charge in [0.15, 0.2) is 5.78 Å². The highest BCUT2D eigenvalue weighted by atomic mass is 32.2. The number of benzene rings is 2. The van der Waals surface area contributed by atoms with E-state index < -0.39 is 15.6 Å². The van der Waals surface area contributed by atoms with Crippen molar-refractivity contribution in [3.8, 4) is 0 Å². The molecule has 4 rings (SSSR count). The molecule has 2 aromatic carbocycles. The molecule has 2 aliphatic heterocycles. The van der Waals surface area contributed by atoms with Gasteiger partial charge in [0.05, 0.1) is 11.4 Å². The van der Waals surface area contributed by atoms with Crippen LogP contribution in [0.1, 0.15) is 39.2 Å². The third-order valence-electron chi connectivity index (χ3n) is 6.66. The first-order valence-corrected chi connectivity index (χ1v) is 12.6. The van der Waals surface area contributed by atoms with Gasteiger partial charge in [-0.2, -0.15) is 0 Å². The molecule has 0 saturated heterocycles. The van der Waals surface area contributed by atoms with Crippen molar-refractivity contribution < 1.29 is 18.0 Å². The minimum atomic E-state index is -3.82. The number of carbonyl (C=O) groups is 2. The first-order valence-electron chi connectivity index (χ1n) is 11.0. The van der Waals surface area contributed by atoms with E-state index in [9.17, 15) is 18.0 Å². The van der Waals surface area contributed by atoms with Crippen molar-refractivity contribution in [3.63, 3.8) is 0 Å². The van der Waals surface area contributed by atoms with Crippen LogP contribution in [0.3, 0.4) is 0 Å². The number of rotatable bonds is 6. The van der Waals surface area contributed by atoms with Gasteiger partial charge in [-0.3, -0.25) is 9.59 Å². The topological polar surface area (TPSA) is 101 Å². The number of primary sulfonamides is 1. The fourth-order valence-corrected chi connectivity index (χ4v) is 5.45. The van der Waals surface area contributed by atoms with Gasteiger partial charge in [-0.15, -0.1) is 0 Å². The summed E-state index contributed by atoms with van der Waals surface area (Å²) in [6.07, 6.45) is 4.45. The van der Waals surface area contributed by atoms with Crippen molar-refractivity contribution in [2.24, 2.45) is 5.14 Å². The number of hydrogen-bond acceptors (Lipinski definition) is 5. The Morgan fingerprint density at radius 2 is 1.76 bits per heavy atom. The number of anilines is 2. The molecule has 0 aromatic heterocycles. The van der Waals surface area contributed by atoms with Gasteiger partial charge < -0.3 is 9.80 Å². The first-order chi connectivity index (χ1) is 15.5. The van der Waals surface area contributed by atoms with E-state index in [1.54, 1.807) is 17.0 Å². The van der Waals surface area contributed by atoms with Crippen molar-refractivity contribution in [2.75, 3.05) is 22.9 Å². The zero-order valence-electron chi connectivity index (χ0n) is 19.1. The maximum absolute atomic E-state index is 13.4. The number of hydrogen-bond donors (Lipinski definition) is 1. The van der Waals surface area contributed by atoms with E-state index in [-0.39, 0.29) is 28.5 Å². The fraction of sp³-hybridized carbons (Fsp3) is 0.360. The van der Waals surface area contributed by atoms with E-state index in [1.807, 2.05) is 48.2 Å². The van der Waals surface area contributed by atoms with Crippen molar-refractivity contribution in [3.05, 3.63) is 66.2 Å². The number of ketones is 1. The van der Waals surface area contributed by atoms with E-state index >= 15 is 0 Å². The average Bonchev–Trinajstić information content (AvgIpc) is 3.20. The van der Waals surface area contributed by atoms with Crippen LogP contribution in [0.2, 0.25) is 0 Å². The van der Waals surface area contributed by atoms with Crippen molar-refractivity contribution in [1.29, 1.82) is 0 Å². The lowest BCUT2D eigenvalue weighted by Crippen LogP contribution is -2.60. The minimum absolute atomic E-state index is 0.00758. The van der Waals surface area contributed by atoms with Crippen molar-refractivity contribution in [1.82, 2.24) is 0 Å². The summed E-state index contributed by atoms with van der Waals surface area (Å²) < 4.78 is 23.3. The van der Waals surface area contributed by atoms with Crippen LogP contribution in [0.4, 0.5) is 11.4 Å². The first kappa shape index (κ1) is 23.2. The molecule has 1 unspecified atom stereocenters. The molecule has 2 N–H and O–H groups in total. The fourth-order valence-electron chi connectivity index (χ4n) is 4.93. The Hall–Kier alpha value is -2.97. The van der Waals surface area contributed by atoms with Gasteiger partial charge >= 0.3 is 0 Å². The molecule has 7 nitrogen and oxygen atoms in total. The summed E-state index contributed by atoms with van der Waals surface area (Å²) in [7, 11) is -3.82. The van der Waals surface area contributed by atoms with Gasteiger partial charge in [-0.25, -0.2) is 13.6 Å². The number of amides is 1. The molecule has 1 atom stereocenters. The number of nitrogens with zero attached hydrogens (tertiary/aromatic N) is 2. The van der Waals surface area contributed by atoms with Gasteiger partial charge in [-0.05, 0) is 35.9 Å². The second-order valence-corrected chi connectivity index (χ2v) is 10.9. The van der Waals surface area contributed by atoms with Gasteiger partial charge in [-0.1, -0.05) is 51.1 Å². The zero-order valence-corrected chi connectivity index (χ0v) is 19.9. The Morgan fingerprint density at radius 3 is 2.39 bits per heavy atom. The standard InChI is InChI=1S/C25H29N3O4S/c1-4-22(29)25(14-7-15-28(25)18-10-12-19(13-11-18)33(26,31)32)17-27-21-9-6-5-8-20(21)24(2,3)16-23(27)30/h5-14H,4,15-17H2,1-3H3,(H2,26,31,32). The number of para-hydroxylation sites is 1. The Kier molecular flexibility index (Phi) is 5.70. The van der Waals surface area contributed by atoms with Gasteiger partial charge in [0.2, 0.25) is 15.9 Å². The van der Waals surface area contributed by atoms with Crippen LogP contribution in [0, 0.1) is 0 Å². The molecule has 0 fully saturated rings. The van der Waals surface area contributed by atoms with E-state index in [0.717, 1.165) is 11.3 Å². The molecule has 174 valence electrons. The van der Waals surface area contributed by atoms with Crippen LogP contribution in [0.25, 0.3) is 0 Å². The summed E-state index contributed by atoms with van der Waals surface area (Å²) >= 11 is 0. The minimum Gasteiger partial charge on any atom is -0.350 e. The number of Topliss-reactive ketones (excluding diaryl/α,β-unsaturated/α-hetero) is 1. The molecular formula is C25H29N3O4S. The molecule has 2 aromatic rings. The van der Waals surface area contributed by atoms with Crippen LogP contribution in [-0.4, -0.2) is 38.7 Å². The highest BCUT2D eigenvalue weighted by molar-refractivity contribution is 7.89. The summed E-state index contributed by atoms with van der Waals surface area (Å²) in [5.41, 5.74) is 1.25. The van der Waals surface area contributed by atoms with Crippen molar-refractivity contribution >= 4 is 33.1 Å². The predicted molar refractivity (Wildman–Crippen MR) is 129 cm³/mol. The van der Waals surface area contributed by atoms with Crippen LogP contribution >= 0.6 is 0 Å². The van der Waals surface area contributed by atoms with E-state index in [1.165, 1.54) is 12.1 Å². The summed E-state index contributed by atoms with van der Waals surface area (Å²) in [5.74, 6) is -0.0336. The molecule has 33 heavy (non-hydrogen) atoms. The van der Waals surface area contributed by atoms with Gasteiger partial charge in [0.1, 0.15) is 5.54 Å². The van der Waals surface area contributed by atoms with Crippen LogP contribution in [-0.2, 0) is 25.0 Å². The number of nitrogens with two attached hydrogens (primary N) is 1. The van der Waals surface area contributed by atoms with Gasteiger partial charge in [0, 0.05) is 36.2 Å². The third kappa shape index (κ3) is 3.98. The maximum atomic E-state index is 13.4. The molecule has 0 spiro atoms. The zero-order chi connectivity index (χ0) is 24.0. The van der Waals surface area contributed by atoms with E-state index in [2.05, 4.69) is 13.8 Å². The maximum Gasteiger partial charge on any atom is 0.238 e. The second-order valence-electron chi connectivity index (χ2n) is 9.31. The Balaban J connectivity index is 1.77. The lowest BCUT2D eigenvalue weighted by Gasteiger charge is -2.45. The Morgan fingerprint density at radius 1 is 1.09 bits per heavy atom. The predicted octanol–water partition coefficient (Wildman–Crippen LogP) is 3.14. The van der Waals surface area contributed by atoms with E-state index in [0.29, 0.717) is 25.1 Å². The lowest BCUT2D eigenvalue weighted by atomic mass is 9.76. The van der Waals surface area contributed by atoms with Crippen LogP contribution in [0.15, 0.2) is 65.6 Å². The normalized spacial score (nSPS) is 21.9. The van der Waals surface area contributed by atoms with Crippen molar-refractivity contribution in [2.45, 2.75) is 49.5 Å². The largest absolute Gasteiger partial charge is 0.350 e. The Bertz CT molecular complexity index is 1230. The van der Waals surface area contributed by atoms with E-state index in [4.69, 9.17) is 5.14 Å². The monoisotopic (exact) mass is 467 g/mol. The SMILES string of the molecule is CCC(=O)C1(CN2C(=O)CC(C)(C)c3ccccc32)C=CCN1c1ccc(S(N)(=O)=O)cc1. The highest BCUT2D eigenvalue weighted by Gasteiger charge is 2.48. The smallest absolute Gasteiger partial charge is 0.238 e. The molecule has 2 aliphatic rings. The Labute approximate surface area is 194 Å². The van der Waals surface area contributed by atoms with Crippen LogP contribution in [0.5, 0.6) is 0 Å². The molecule has 0 radical (unpaired) electrons. The molecule has 0 bridgehead atoms. The summed E-state index contributed by atoms with van der Waals surface area (Å²) in [6, 6.07) is 14.0. The van der Waals surface area contributed by atoms with Gasteiger partial charge in [0.25, 0.3) is 0 Å². The number of carbonyl (C=O) groups excluding carboxylic acids is 2. The summed E-state index contributed by atoms with van der Waals surface area (Å²) in [5, 5.41) is 5.24. The molecule has 8 heteroatoms. The highest BCUT2D eigenvalue weighted by Crippen LogP contribution is 2.42. The lowest BCUT2D eigenvalue weighted by molar-refractivity contribution is -0.122. The number of fused-ring (bicyclic) bond motifs is 1. The second kappa shape index (κ2) is 8.11. The quantitative estimate of drug-likeness (QED) is 0.658. The summed E-state index contributed by atoms with van der Waals surface area (Å²) in [6.45, 7) is 6.58. The molecule has 1 amide bonds. The molecular weight excluding hydrogens is 438 g/mol. The third-order valence-corrected chi connectivity index (χ3v) is 7.59. The van der Waals surface area contributed by atoms with Crippen LogP contribution < -0.4 is 14.9 Å². The molecule has 0 saturated carbocycles. The average molecular weight is 468 g/mol. The molecule has 0 aliphatic carbocycles.